The first kappa shape index (κ1) is 58.2. The summed E-state index contributed by atoms with van der Waals surface area (Å²) in [5.41, 5.74) is 1.83. The van der Waals surface area contributed by atoms with Gasteiger partial charge in [-0.25, -0.2) is 19.2 Å². The van der Waals surface area contributed by atoms with Crippen LogP contribution in [0.1, 0.15) is 168 Å². The number of likely N-dealkylation sites (tertiary alicyclic amines) is 2. The van der Waals surface area contributed by atoms with E-state index < -0.39 is 35.0 Å². The molecule has 0 unspecified atom stereocenters. The van der Waals surface area contributed by atoms with E-state index in [0.29, 0.717) is 75.1 Å². The van der Waals surface area contributed by atoms with E-state index in [9.17, 15) is 38.4 Å². The summed E-state index contributed by atoms with van der Waals surface area (Å²) in [7, 11) is 0. The average Bonchev–Trinajstić information content (AvgIpc) is 3.75. The number of rotatable bonds is 20. The van der Waals surface area contributed by atoms with Gasteiger partial charge < -0.3 is 29.1 Å². The molecular weight excluding hydrogens is 1040 g/mol. The summed E-state index contributed by atoms with van der Waals surface area (Å²) >= 11 is 0. The second-order valence-corrected chi connectivity index (χ2v) is 23.5. The van der Waals surface area contributed by atoms with Gasteiger partial charge >= 0.3 is 23.9 Å². The molecule has 4 aromatic rings. The lowest BCUT2D eigenvalue weighted by Gasteiger charge is -2.46. The molecule has 4 saturated heterocycles. The van der Waals surface area contributed by atoms with Crippen molar-refractivity contribution < 1.29 is 47.8 Å². The lowest BCUT2D eigenvalue weighted by Crippen LogP contribution is -2.59. The fraction of sp³-hybridized carbons (Fsp3) is 0.485. The maximum Gasteiger partial charge on any atom is 0.346 e. The smallest absolute Gasteiger partial charge is 0.346 e. The van der Waals surface area contributed by atoms with Gasteiger partial charge in [0.15, 0.2) is 11.6 Å². The van der Waals surface area contributed by atoms with Crippen LogP contribution >= 0.6 is 0 Å². The molecule has 2 aliphatic carbocycles. The van der Waals surface area contributed by atoms with E-state index in [2.05, 4.69) is 19.6 Å². The average molecular weight is 1120 g/mol. The quantitative estimate of drug-likeness (QED) is 0.0355. The van der Waals surface area contributed by atoms with Gasteiger partial charge in [0.25, 0.3) is 0 Å². The number of hydrogen-bond donors (Lipinski definition) is 0. The molecule has 0 aromatic heterocycles. The molecule has 82 heavy (non-hydrogen) atoms. The Balaban J connectivity index is 0.696. The standard InChI is InChI=1S/C66H78N6O10/c73-57(51-19-5-1-6-20-51)29-15-37-67-39-33-65(34-40-67)63(79)69(47-71(65)55-25-9-3-10-26-55)45-49-17-13-23-53(43-49)61(77)81-59(75)31-32-60(76)82-62(78)54-24-14-18-50(44-54)46-70-48-72(56-27-11-4-12-28-56)66(64(70)80)35-41-68(42-36-66)38-16-30-58(74)52-21-7-2-8-22-52/h1-2,5-8,13-14,17-24,31-32,43-44,55-56H,3-4,9-12,15-16,25-30,33-42,45-48H2/b32-31-. The predicted octanol–water partition coefficient (Wildman–Crippen LogP) is 9.17. The Kier molecular flexibility index (Phi) is 19.1. The molecule has 2 spiro atoms. The van der Waals surface area contributed by atoms with E-state index in [1.807, 2.05) is 82.6 Å². The molecule has 4 aliphatic heterocycles. The molecule has 16 heteroatoms. The van der Waals surface area contributed by atoms with Crippen molar-refractivity contribution in [3.05, 3.63) is 155 Å². The van der Waals surface area contributed by atoms with Gasteiger partial charge in [-0.1, -0.05) is 123 Å². The molecule has 2 saturated carbocycles. The Morgan fingerprint density at radius 3 is 1.21 bits per heavy atom. The summed E-state index contributed by atoms with van der Waals surface area (Å²) in [5.74, 6) is -3.68. The fourth-order valence-corrected chi connectivity index (χ4v) is 13.9. The highest BCUT2D eigenvalue weighted by atomic mass is 16.6. The third-order valence-corrected chi connectivity index (χ3v) is 18.3. The van der Waals surface area contributed by atoms with Gasteiger partial charge in [-0.3, -0.25) is 29.0 Å². The summed E-state index contributed by atoms with van der Waals surface area (Å²) < 4.78 is 10.2. The van der Waals surface area contributed by atoms with Gasteiger partial charge in [-0.15, -0.1) is 0 Å². The van der Waals surface area contributed by atoms with E-state index in [1.165, 1.54) is 25.0 Å². The summed E-state index contributed by atoms with van der Waals surface area (Å²) in [5, 5.41) is 0. The zero-order valence-corrected chi connectivity index (χ0v) is 47.3. The minimum atomic E-state index is -1.13. The lowest BCUT2D eigenvalue weighted by molar-refractivity contribution is -0.137. The number of hydrogen-bond acceptors (Lipinski definition) is 14. The first-order chi connectivity index (χ1) is 39.9. The largest absolute Gasteiger partial charge is 0.386 e. The number of nitrogens with zero attached hydrogens (tertiary/aromatic N) is 6. The maximum atomic E-state index is 14.6. The molecule has 16 nitrogen and oxygen atoms in total. The number of carbonyl (C=O) groups excluding carboxylic acids is 8. The first-order valence-corrected chi connectivity index (χ1v) is 30.0. The highest BCUT2D eigenvalue weighted by Crippen LogP contribution is 2.43. The third-order valence-electron chi connectivity index (χ3n) is 18.3. The Hall–Kier alpha value is -6.98. The summed E-state index contributed by atoms with van der Waals surface area (Å²) in [4.78, 5) is 120. The van der Waals surface area contributed by atoms with E-state index >= 15 is 0 Å². The minimum absolute atomic E-state index is 0.0893. The van der Waals surface area contributed by atoms with Gasteiger partial charge in [0.2, 0.25) is 11.8 Å². The monoisotopic (exact) mass is 1110 g/mol. The zero-order chi connectivity index (χ0) is 57.1. The number of piperidine rings is 2. The van der Waals surface area contributed by atoms with Gasteiger partial charge in [0, 0.05) is 87.5 Å². The van der Waals surface area contributed by atoms with Crippen molar-refractivity contribution in [2.75, 3.05) is 52.6 Å². The molecule has 0 bridgehead atoms. The van der Waals surface area contributed by atoms with Gasteiger partial charge in [-0.2, -0.15) is 0 Å². The molecule has 10 rings (SSSR count). The van der Waals surface area contributed by atoms with Crippen LogP contribution < -0.4 is 0 Å². The van der Waals surface area contributed by atoms with Crippen LogP contribution in [-0.2, 0) is 41.7 Å². The summed E-state index contributed by atoms with van der Waals surface area (Å²) in [6, 6.07) is 32.7. The second kappa shape index (κ2) is 26.9. The lowest BCUT2D eigenvalue weighted by atomic mass is 9.82. The maximum absolute atomic E-state index is 14.6. The highest BCUT2D eigenvalue weighted by Gasteiger charge is 2.57. The van der Waals surface area contributed by atoms with Crippen molar-refractivity contribution in [3.63, 3.8) is 0 Å². The van der Waals surface area contributed by atoms with Crippen LogP contribution in [0.2, 0.25) is 0 Å². The topological polar surface area (TPSA) is 174 Å². The Bertz CT molecular complexity index is 2770. The fourth-order valence-electron chi connectivity index (χ4n) is 13.9. The van der Waals surface area contributed by atoms with E-state index in [1.54, 1.807) is 24.3 Å². The van der Waals surface area contributed by atoms with Gasteiger partial charge in [0.1, 0.15) is 11.1 Å². The molecule has 4 aromatic carbocycles. The number of ketones is 2. The number of Topliss-reactive ketones (excluding diaryl/α,β-unsaturated/α-hetero) is 2. The number of carbonyl (C=O) groups is 8. The van der Waals surface area contributed by atoms with Crippen LogP contribution in [0.5, 0.6) is 0 Å². The van der Waals surface area contributed by atoms with Crippen molar-refractivity contribution >= 4 is 47.3 Å². The Morgan fingerprint density at radius 1 is 0.463 bits per heavy atom. The predicted molar refractivity (Wildman–Crippen MR) is 308 cm³/mol. The normalized spacial score (nSPS) is 20.2. The molecule has 0 N–H and O–H groups in total. The van der Waals surface area contributed by atoms with E-state index in [0.717, 1.165) is 127 Å². The van der Waals surface area contributed by atoms with Crippen LogP contribution in [-0.4, -0.2) is 152 Å². The number of esters is 4. The number of amides is 2. The zero-order valence-electron chi connectivity index (χ0n) is 47.3. The van der Waals surface area contributed by atoms with E-state index in [4.69, 9.17) is 9.47 Å². The summed E-state index contributed by atoms with van der Waals surface area (Å²) in [6.07, 6.45) is 17.9. The van der Waals surface area contributed by atoms with Crippen molar-refractivity contribution in [2.45, 2.75) is 152 Å². The molecule has 6 aliphatic rings. The Morgan fingerprint density at radius 2 is 0.829 bits per heavy atom. The van der Waals surface area contributed by atoms with Gasteiger partial charge in [0.05, 0.1) is 24.5 Å². The van der Waals surface area contributed by atoms with Crippen LogP contribution in [0, 0.1) is 0 Å². The molecule has 432 valence electrons. The van der Waals surface area contributed by atoms with Crippen LogP contribution in [0.25, 0.3) is 0 Å². The van der Waals surface area contributed by atoms with Crippen molar-refractivity contribution in [1.29, 1.82) is 0 Å². The van der Waals surface area contributed by atoms with Crippen LogP contribution in [0.4, 0.5) is 0 Å². The van der Waals surface area contributed by atoms with Crippen molar-refractivity contribution in [3.8, 4) is 0 Å². The summed E-state index contributed by atoms with van der Waals surface area (Å²) in [6.45, 7) is 6.17. The molecule has 0 radical (unpaired) electrons. The minimum Gasteiger partial charge on any atom is -0.386 e. The van der Waals surface area contributed by atoms with Crippen LogP contribution in [0.15, 0.2) is 121 Å². The van der Waals surface area contributed by atoms with Gasteiger partial charge in [-0.05, 0) is 113 Å². The SMILES string of the molecule is O=C(/C=C\C(=O)OC(=O)c1cccc(CN2CN(C3CCCCC3)C3(CCN(CCCC(=O)c4ccccc4)CC3)C2=O)c1)OC(=O)c1cccc(CN2CN(C3CCCCC3)C3(CCN(CCCC(=O)c4ccccc4)CC3)C2=O)c1. The van der Waals surface area contributed by atoms with Crippen LogP contribution in [0.3, 0.4) is 0 Å². The van der Waals surface area contributed by atoms with Crippen molar-refractivity contribution in [1.82, 2.24) is 29.4 Å². The van der Waals surface area contributed by atoms with E-state index in [-0.39, 0.29) is 47.6 Å². The molecule has 6 fully saturated rings. The Labute approximate surface area is 481 Å². The number of ether oxygens (including phenoxy) is 2. The first-order valence-electron chi connectivity index (χ1n) is 30.0. The molecule has 4 heterocycles. The highest BCUT2D eigenvalue weighted by molar-refractivity contribution is 6.04. The second-order valence-electron chi connectivity index (χ2n) is 23.5. The number of benzene rings is 4. The third kappa shape index (κ3) is 13.7. The molecular formula is C66H78N6O10. The molecule has 0 atom stereocenters. The van der Waals surface area contributed by atoms with Crippen molar-refractivity contribution in [2.24, 2.45) is 0 Å². The molecule has 2 amide bonds.